The molecule has 0 spiro atoms. The third-order valence-corrected chi connectivity index (χ3v) is 3.56. The maximum Gasteiger partial charge on any atom is 0.274 e. The van der Waals surface area contributed by atoms with E-state index < -0.39 is 0 Å². The van der Waals surface area contributed by atoms with E-state index in [9.17, 15) is 4.79 Å². The predicted molar refractivity (Wildman–Crippen MR) is 91.9 cm³/mol. The van der Waals surface area contributed by atoms with Gasteiger partial charge < -0.3 is 24.6 Å². The first-order valence-electron chi connectivity index (χ1n) is 7.92. The van der Waals surface area contributed by atoms with Crippen LogP contribution in [0.15, 0.2) is 41.1 Å². The number of anilines is 3. The van der Waals surface area contributed by atoms with Crippen molar-refractivity contribution in [1.82, 2.24) is 15.1 Å². The Bertz CT molecular complexity index is 956. The molecule has 9 nitrogen and oxygen atoms in total. The van der Waals surface area contributed by atoms with Crippen LogP contribution in [-0.4, -0.2) is 34.2 Å². The Hall–Kier alpha value is -3.62. The molecule has 0 radical (unpaired) electrons. The molecule has 26 heavy (non-hydrogen) atoms. The summed E-state index contributed by atoms with van der Waals surface area (Å²) in [6, 6.07) is 8.43. The molecule has 1 aliphatic rings. The zero-order valence-electron chi connectivity index (χ0n) is 13.9. The Balaban J connectivity index is 1.48. The van der Waals surface area contributed by atoms with Crippen LogP contribution in [0, 0.1) is 6.92 Å². The third-order valence-electron chi connectivity index (χ3n) is 3.56. The fraction of sp³-hybridized carbons (Fsp3) is 0.176. The van der Waals surface area contributed by atoms with E-state index in [1.807, 2.05) is 0 Å². The van der Waals surface area contributed by atoms with Crippen LogP contribution in [0.1, 0.15) is 16.2 Å². The van der Waals surface area contributed by atoms with Gasteiger partial charge in [0.2, 0.25) is 5.95 Å². The SMILES string of the molecule is Cc1cc(Nc2nccc(C(=O)Nc3ccc4c(c3)OCCO4)n2)no1. The van der Waals surface area contributed by atoms with Crippen LogP contribution in [0.2, 0.25) is 0 Å². The number of fused-ring (bicyclic) bond motifs is 1. The summed E-state index contributed by atoms with van der Waals surface area (Å²) in [5, 5.41) is 9.46. The topological polar surface area (TPSA) is 111 Å². The van der Waals surface area contributed by atoms with Crippen LogP contribution in [0.4, 0.5) is 17.5 Å². The fourth-order valence-corrected chi connectivity index (χ4v) is 2.40. The number of amides is 1. The molecule has 0 unspecified atom stereocenters. The molecular formula is C17H15N5O4. The zero-order chi connectivity index (χ0) is 17.9. The second kappa shape index (κ2) is 6.71. The first-order chi connectivity index (χ1) is 12.7. The van der Waals surface area contributed by atoms with Gasteiger partial charge in [0, 0.05) is 24.0 Å². The molecule has 0 atom stereocenters. The van der Waals surface area contributed by atoms with Gasteiger partial charge >= 0.3 is 0 Å². The average Bonchev–Trinajstić information content (AvgIpc) is 3.06. The van der Waals surface area contributed by atoms with Crippen molar-refractivity contribution in [3.05, 3.63) is 48.0 Å². The number of hydrogen-bond donors (Lipinski definition) is 2. The number of ether oxygens (including phenoxy) is 2. The molecule has 0 saturated carbocycles. The fourth-order valence-electron chi connectivity index (χ4n) is 2.40. The Kier molecular flexibility index (Phi) is 4.10. The molecule has 0 saturated heterocycles. The molecule has 2 N–H and O–H groups in total. The van der Waals surface area contributed by atoms with Gasteiger partial charge in [0.1, 0.15) is 24.7 Å². The lowest BCUT2D eigenvalue weighted by molar-refractivity contribution is 0.102. The highest BCUT2D eigenvalue weighted by Crippen LogP contribution is 2.32. The van der Waals surface area contributed by atoms with Gasteiger partial charge in [-0.05, 0) is 25.1 Å². The van der Waals surface area contributed by atoms with E-state index in [-0.39, 0.29) is 17.5 Å². The third kappa shape index (κ3) is 3.41. The molecule has 1 amide bonds. The number of carbonyl (C=O) groups excluding carboxylic acids is 1. The number of aromatic nitrogens is 3. The summed E-state index contributed by atoms with van der Waals surface area (Å²) < 4.78 is 15.9. The van der Waals surface area contributed by atoms with E-state index >= 15 is 0 Å². The summed E-state index contributed by atoms with van der Waals surface area (Å²) in [4.78, 5) is 20.7. The maximum atomic E-state index is 12.5. The predicted octanol–water partition coefficient (Wildman–Crippen LogP) is 2.54. The van der Waals surface area contributed by atoms with Crippen LogP contribution >= 0.6 is 0 Å². The molecule has 0 bridgehead atoms. The lowest BCUT2D eigenvalue weighted by Crippen LogP contribution is -2.17. The normalized spacial score (nSPS) is 12.5. The number of aryl methyl sites for hydroxylation is 1. The lowest BCUT2D eigenvalue weighted by atomic mass is 10.2. The van der Waals surface area contributed by atoms with Crippen molar-refractivity contribution >= 4 is 23.4 Å². The Morgan fingerprint density at radius 1 is 1.12 bits per heavy atom. The van der Waals surface area contributed by atoms with Gasteiger partial charge in [-0.15, -0.1) is 0 Å². The van der Waals surface area contributed by atoms with Gasteiger partial charge in [0.05, 0.1) is 0 Å². The van der Waals surface area contributed by atoms with Crippen molar-refractivity contribution in [2.45, 2.75) is 6.92 Å². The van der Waals surface area contributed by atoms with Crippen molar-refractivity contribution in [3.63, 3.8) is 0 Å². The summed E-state index contributed by atoms with van der Waals surface area (Å²) in [5.41, 5.74) is 0.789. The average molecular weight is 353 g/mol. The number of nitrogens with zero attached hydrogens (tertiary/aromatic N) is 3. The van der Waals surface area contributed by atoms with Gasteiger partial charge in [0.15, 0.2) is 17.3 Å². The van der Waals surface area contributed by atoms with Gasteiger partial charge in [-0.1, -0.05) is 5.16 Å². The molecule has 1 aromatic carbocycles. The van der Waals surface area contributed by atoms with E-state index in [2.05, 4.69) is 25.8 Å². The number of benzene rings is 1. The van der Waals surface area contributed by atoms with E-state index in [0.717, 1.165) is 0 Å². The van der Waals surface area contributed by atoms with E-state index in [1.165, 1.54) is 12.3 Å². The molecule has 3 heterocycles. The van der Waals surface area contributed by atoms with Crippen LogP contribution in [0.3, 0.4) is 0 Å². The Morgan fingerprint density at radius 2 is 1.96 bits per heavy atom. The first-order valence-corrected chi connectivity index (χ1v) is 7.92. The van der Waals surface area contributed by atoms with Crippen molar-refractivity contribution < 1.29 is 18.8 Å². The minimum absolute atomic E-state index is 0.206. The summed E-state index contributed by atoms with van der Waals surface area (Å²) in [6.45, 7) is 2.77. The molecule has 132 valence electrons. The minimum atomic E-state index is -0.372. The molecule has 1 aliphatic heterocycles. The second-order valence-corrected chi connectivity index (χ2v) is 5.53. The van der Waals surface area contributed by atoms with Crippen LogP contribution in [0.5, 0.6) is 11.5 Å². The van der Waals surface area contributed by atoms with E-state index in [1.54, 1.807) is 31.2 Å². The summed E-state index contributed by atoms with van der Waals surface area (Å²) in [5.74, 6) is 2.25. The molecule has 3 aromatic rings. The van der Waals surface area contributed by atoms with E-state index in [4.69, 9.17) is 14.0 Å². The number of hydrogen-bond acceptors (Lipinski definition) is 8. The second-order valence-electron chi connectivity index (χ2n) is 5.53. The van der Waals surface area contributed by atoms with Gasteiger partial charge in [-0.2, -0.15) is 0 Å². The van der Waals surface area contributed by atoms with E-state index in [0.29, 0.717) is 42.0 Å². The lowest BCUT2D eigenvalue weighted by Gasteiger charge is -2.18. The van der Waals surface area contributed by atoms with Gasteiger partial charge in [-0.3, -0.25) is 4.79 Å². The maximum absolute atomic E-state index is 12.5. The van der Waals surface area contributed by atoms with Crippen molar-refractivity contribution in [2.75, 3.05) is 23.8 Å². The first kappa shape index (κ1) is 15.9. The van der Waals surface area contributed by atoms with Crippen LogP contribution in [-0.2, 0) is 0 Å². The van der Waals surface area contributed by atoms with Crippen LogP contribution in [0.25, 0.3) is 0 Å². The smallest absolute Gasteiger partial charge is 0.274 e. The number of rotatable bonds is 4. The molecule has 4 rings (SSSR count). The highest BCUT2D eigenvalue weighted by molar-refractivity contribution is 6.03. The summed E-state index contributed by atoms with van der Waals surface area (Å²) >= 11 is 0. The quantitative estimate of drug-likeness (QED) is 0.736. The Labute approximate surface area is 148 Å². The molecule has 0 fully saturated rings. The molecule has 9 heteroatoms. The number of nitrogens with one attached hydrogen (secondary N) is 2. The largest absolute Gasteiger partial charge is 0.486 e. The molecule has 2 aromatic heterocycles. The number of carbonyl (C=O) groups is 1. The monoisotopic (exact) mass is 353 g/mol. The van der Waals surface area contributed by atoms with Gasteiger partial charge in [-0.25, -0.2) is 9.97 Å². The molecule has 0 aliphatic carbocycles. The van der Waals surface area contributed by atoms with Crippen molar-refractivity contribution in [1.29, 1.82) is 0 Å². The highest BCUT2D eigenvalue weighted by Gasteiger charge is 2.14. The Morgan fingerprint density at radius 3 is 2.77 bits per heavy atom. The summed E-state index contributed by atoms with van der Waals surface area (Å²) in [7, 11) is 0. The highest BCUT2D eigenvalue weighted by atomic mass is 16.6. The van der Waals surface area contributed by atoms with Crippen molar-refractivity contribution in [2.24, 2.45) is 0 Å². The van der Waals surface area contributed by atoms with Gasteiger partial charge in [0.25, 0.3) is 5.91 Å². The minimum Gasteiger partial charge on any atom is -0.486 e. The molecular weight excluding hydrogens is 338 g/mol. The summed E-state index contributed by atoms with van der Waals surface area (Å²) in [6.07, 6.45) is 1.49. The van der Waals surface area contributed by atoms with Crippen LogP contribution < -0.4 is 20.1 Å². The zero-order valence-corrected chi connectivity index (χ0v) is 13.9. The standard InChI is InChI=1S/C17H15N5O4/c1-10-8-15(22-26-10)21-17-18-5-4-12(20-17)16(23)19-11-2-3-13-14(9-11)25-7-6-24-13/h2-5,8-9H,6-7H2,1H3,(H,19,23)(H,18,20,21,22). The van der Waals surface area contributed by atoms with Crippen molar-refractivity contribution in [3.8, 4) is 11.5 Å².